The van der Waals surface area contributed by atoms with Gasteiger partial charge in [-0.3, -0.25) is 0 Å². The maximum atomic E-state index is 9.47. The van der Waals surface area contributed by atoms with Gasteiger partial charge in [-0.25, -0.2) is 6.42 Å². The van der Waals surface area contributed by atoms with Crippen molar-refractivity contribution in [3.63, 3.8) is 0 Å². The summed E-state index contributed by atoms with van der Waals surface area (Å²) in [5.41, 5.74) is 1.90. The van der Waals surface area contributed by atoms with Crippen LogP contribution in [0, 0.1) is 13.8 Å². The molecule has 0 fully saturated rings. The van der Waals surface area contributed by atoms with E-state index in [1.54, 1.807) is 20.8 Å². The molecule has 0 saturated heterocycles. The van der Waals surface area contributed by atoms with E-state index < -0.39 is 0 Å². The van der Waals surface area contributed by atoms with Crippen LogP contribution in [0.25, 0.3) is 0 Å². The van der Waals surface area contributed by atoms with Crippen LogP contribution in [-0.4, -0.2) is 12.1 Å². The number of carbonyl (C=O) groups excluding carboxylic acids is 1. The van der Waals surface area contributed by atoms with E-state index in [0.29, 0.717) is 0 Å². The van der Waals surface area contributed by atoms with Gasteiger partial charge in [0.1, 0.15) is 0 Å². The molecule has 0 heterocycles. The van der Waals surface area contributed by atoms with Gasteiger partial charge < -0.3 is 16.5 Å². The fraction of sp³-hybridized carbons (Fsp3) is 0.357. The van der Waals surface area contributed by atoms with E-state index in [4.69, 9.17) is 0 Å². The first-order valence-corrected chi connectivity index (χ1v) is 6.04. The molecule has 0 unspecified atom stereocenters. The molecular formula is C14H18BrLiO2-2. The molecule has 0 aliphatic heterocycles. The van der Waals surface area contributed by atoms with Crippen molar-refractivity contribution in [2.45, 2.75) is 32.8 Å². The van der Waals surface area contributed by atoms with Gasteiger partial charge in [-0.15, -0.1) is 12.1 Å². The van der Waals surface area contributed by atoms with Gasteiger partial charge in [0.05, 0.1) is 5.60 Å². The van der Waals surface area contributed by atoms with Gasteiger partial charge in [0.2, 0.25) is 0 Å². The van der Waals surface area contributed by atoms with Crippen molar-refractivity contribution in [2.75, 3.05) is 0 Å². The molecule has 96 valence electrons. The summed E-state index contributed by atoms with van der Waals surface area (Å²) in [6.07, 6.45) is 0.804. The summed E-state index contributed by atoms with van der Waals surface area (Å²) in [6.45, 7) is 14.4. The zero-order valence-electron chi connectivity index (χ0n) is 11.5. The minimum atomic E-state index is -0.373. The summed E-state index contributed by atoms with van der Waals surface area (Å²) in [6, 6.07) is 6.03. The minimum absolute atomic E-state index is 0. The smallest absolute Gasteiger partial charge is 0.649 e. The van der Waals surface area contributed by atoms with Crippen molar-refractivity contribution >= 4 is 22.4 Å². The Morgan fingerprint density at radius 1 is 1.39 bits per heavy atom. The van der Waals surface area contributed by atoms with Gasteiger partial charge in [-0.05, 0) is 25.2 Å². The van der Waals surface area contributed by atoms with E-state index in [9.17, 15) is 4.79 Å². The second kappa shape index (κ2) is 9.55. The fourth-order valence-corrected chi connectivity index (χ4v) is 1.36. The van der Waals surface area contributed by atoms with Crippen molar-refractivity contribution in [1.29, 1.82) is 0 Å². The molecule has 0 aliphatic carbocycles. The molecule has 1 aromatic rings. The zero-order chi connectivity index (χ0) is 13.5. The molecule has 2 nitrogen and oxygen atoms in total. The predicted molar refractivity (Wildman–Crippen MR) is 74.2 cm³/mol. The molecule has 0 bridgehead atoms. The monoisotopic (exact) mass is 304 g/mol. The topological polar surface area (TPSA) is 26.3 Å². The number of benzene rings is 1. The molecule has 0 aliphatic rings. The van der Waals surface area contributed by atoms with Crippen molar-refractivity contribution in [3.05, 3.63) is 47.6 Å². The van der Waals surface area contributed by atoms with Crippen molar-refractivity contribution in [2.24, 2.45) is 0 Å². The zero-order valence-corrected chi connectivity index (χ0v) is 13.1. The Balaban J connectivity index is 0. The third kappa shape index (κ3) is 9.65. The minimum Gasteiger partial charge on any atom is -0.649 e. The van der Waals surface area contributed by atoms with Gasteiger partial charge in [0, 0.05) is 0 Å². The molecule has 4 heteroatoms. The molecule has 18 heavy (non-hydrogen) atoms. The third-order valence-electron chi connectivity index (χ3n) is 1.79. The molecule has 0 radical (unpaired) electrons. The maximum Gasteiger partial charge on any atom is 1.00 e. The van der Waals surface area contributed by atoms with Crippen LogP contribution >= 0.6 is 15.9 Å². The average molecular weight is 305 g/mol. The normalized spacial score (nSPS) is 9.61. The van der Waals surface area contributed by atoms with Gasteiger partial charge in [0.25, 0.3) is 0 Å². The average Bonchev–Trinajstić information content (AvgIpc) is 2.21. The number of hydrogen-bond acceptors (Lipinski definition) is 2. The number of ether oxygens (including phenoxy) is 1. The number of rotatable bonds is 2. The van der Waals surface area contributed by atoms with E-state index in [0.717, 1.165) is 16.5 Å². The van der Waals surface area contributed by atoms with Crippen LogP contribution in [0.4, 0.5) is 0 Å². The molecule has 0 saturated carbocycles. The van der Waals surface area contributed by atoms with Gasteiger partial charge in [0.15, 0.2) is 0 Å². The maximum absolute atomic E-state index is 9.47. The molecule has 0 spiro atoms. The Morgan fingerprint density at radius 3 is 2.22 bits per heavy atom. The fourth-order valence-electron chi connectivity index (χ4n) is 0.952. The standard InChI is InChI=1S/C9H9Br.C5H9O2.Li/c1-3-8-6-9(10)5-4-7(8)2;1-5(2,3)7-4-6;/h4-6H,1-3H2;1-3H3;/q-2;-1;+1. The first-order valence-electron chi connectivity index (χ1n) is 5.25. The van der Waals surface area contributed by atoms with Gasteiger partial charge >= 0.3 is 18.9 Å². The van der Waals surface area contributed by atoms with Crippen LogP contribution in [0.15, 0.2) is 22.7 Å². The number of hydrogen-bond donors (Lipinski definition) is 0. The first-order chi connectivity index (χ1) is 7.80. The molecule has 1 rings (SSSR count). The predicted octanol–water partition coefficient (Wildman–Crippen LogP) is 0.881. The van der Waals surface area contributed by atoms with Crippen molar-refractivity contribution in [1.82, 2.24) is 0 Å². The Kier molecular flexibility index (Phi) is 10.6. The van der Waals surface area contributed by atoms with Crippen LogP contribution in [0.2, 0.25) is 0 Å². The Hall–Kier alpha value is -0.363. The first kappa shape index (κ1) is 20.0. The quantitative estimate of drug-likeness (QED) is 0.599. The van der Waals surface area contributed by atoms with Crippen LogP contribution < -0.4 is 18.9 Å². The van der Waals surface area contributed by atoms with Gasteiger partial charge in [-0.2, -0.15) is 24.1 Å². The van der Waals surface area contributed by atoms with Crippen molar-refractivity contribution in [3.8, 4) is 0 Å². The Morgan fingerprint density at radius 2 is 1.94 bits per heavy atom. The van der Waals surface area contributed by atoms with Crippen LogP contribution in [0.3, 0.4) is 0 Å². The van der Waals surface area contributed by atoms with Crippen LogP contribution in [0.5, 0.6) is 0 Å². The van der Waals surface area contributed by atoms with E-state index in [2.05, 4.69) is 40.6 Å². The molecule has 0 N–H and O–H groups in total. The third-order valence-corrected chi connectivity index (χ3v) is 2.28. The molecule has 0 atom stereocenters. The van der Waals surface area contributed by atoms with Gasteiger partial charge in [-0.1, -0.05) is 22.4 Å². The van der Waals surface area contributed by atoms with Crippen molar-refractivity contribution < 1.29 is 28.4 Å². The number of halogens is 1. The van der Waals surface area contributed by atoms with Crippen LogP contribution in [0.1, 0.15) is 31.9 Å². The van der Waals surface area contributed by atoms with E-state index in [-0.39, 0.29) is 24.5 Å². The summed E-state index contributed by atoms with van der Waals surface area (Å²) in [5.74, 6) is 0. The molecular weight excluding hydrogens is 287 g/mol. The van der Waals surface area contributed by atoms with E-state index in [1.165, 1.54) is 12.0 Å². The van der Waals surface area contributed by atoms with E-state index in [1.807, 2.05) is 12.1 Å². The summed E-state index contributed by atoms with van der Waals surface area (Å²) in [4.78, 5) is 9.47. The van der Waals surface area contributed by atoms with E-state index >= 15 is 0 Å². The SMILES string of the molecule is CC(C)(C)O[C-]=O.[CH2-]Cc1cc(Br)ccc1[CH2-].[Li+]. The Bertz CT molecular complexity index is 359. The molecule has 1 aromatic carbocycles. The summed E-state index contributed by atoms with van der Waals surface area (Å²) in [7, 11) is 0. The molecule has 0 amide bonds. The largest absolute Gasteiger partial charge is 1.00 e. The summed E-state index contributed by atoms with van der Waals surface area (Å²) >= 11 is 3.38. The summed E-state index contributed by atoms with van der Waals surface area (Å²) < 4.78 is 5.52. The van der Waals surface area contributed by atoms with Crippen LogP contribution in [-0.2, 0) is 16.0 Å². The second-order valence-electron chi connectivity index (χ2n) is 4.46. The molecule has 0 aromatic heterocycles. The second-order valence-corrected chi connectivity index (χ2v) is 5.38. The Labute approximate surface area is 131 Å². The summed E-state index contributed by atoms with van der Waals surface area (Å²) in [5, 5.41) is 0.